The second kappa shape index (κ2) is 8.74. The van der Waals surface area contributed by atoms with Gasteiger partial charge in [-0.05, 0) is 30.5 Å². The number of nitrogens with one attached hydrogen (secondary N) is 2. The summed E-state index contributed by atoms with van der Waals surface area (Å²) < 4.78 is 38.4. The van der Waals surface area contributed by atoms with E-state index >= 15 is 0 Å². The third-order valence-corrected chi connectivity index (χ3v) is 4.09. The summed E-state index contributed by atoms with van der Waals surface area (Å²) in [7, 11) is 0. The summed E-state index contributed by atoms with van der Waals surface area (Å²) in [6.07, 6.45) is -3.71. The lowest BCUT2D eigenvalue weighted by Gasteiger charge is -2.32. The number of carbonyl (C=O) groups excluding carboxylic acids is 2. The topological polar surface area (TPSA) is 98.7 Å². The molecular formula is C17H20F3N3O4. The Kier molecular flexibility index (Phi) is 6.65. The molecule has 7 nitrogen and oxygen atoms in total. The third kappa shape index (κ3) is 6.15. The Balaban J connectivity index is 1.94. The molecule has 0 bridgehead atoms. The highest BCUT2D eigenvalue weighted by Gasteiger charge is 2.32. The first-order valence-electron chi connectivity index (χ1n) is 8.38. The number of amides is 3. The summed E-state index contributed by atoms with van der Waals surface area (Å²) in [5.41, 5.74) is -0.429. The van der Waals surface area contributed by atoms with E-state index in [0.717, 1.165) is 12.1 Å². The van der Waals surface area contributed by atoms with Crippen LogP contribution in [0.5, 0.6) is 0 Å². The average molecular weight is 387 g/mol. The van der Waals surface area contributed by atoms with Gasteiger partial charge in [0.25, 0.3) is 0 Å². The van der Waals surface area contributed by atoms with Gasteiger partial charge in [0.1, 0.15) is 6.04 Å². The van der Waals surface area contributed by atoms with E-state index in [-0.39, 0.29) is 25.4 Å². The fourth-order valence-corrected chi connectivity index (χ4v) is 2.79. The minimum absolute atomic E-state index is 0.0154. The molecule has 0 saturated carbocycles. The van der Waals surface area contributed by atoms with Gasteiger partial charge in [0.2, 0.25) is 5.91 Å². The molecule has 1 aliphatic rings. The van der Waals surface area contributed by atoms with Gasteiger partial charge in [0.15, 0.2) is 0 Å². The normalized spacial score (nSPS) is 17.5. The van der Waals surface area contributed by atoms with Crippen molar-refractivity contribution in [3.63, 3.8) is 0 Å². The lowest BCUT2D eigenvalue weighted by molar-refractivity contribution is -0.138. The van der Waals surface area contributed by atoms with Crippen LogP contribution in [0.4, 0.5) is 18.0 Å². The highest BCUT2D eigenvalue weighted by molar-refractivity contribution is 5.87. The van der Waals surface area contributed by atoms with Crippen molar-refractivity contribution in [2.45, 2.75) is 38.0 Å². The van der Waals surface area contributed by atoms with Gasteiger partial charge in [-0.25, -0.2) is 4.79 Å². The van der Waals surface area contributed by atoms with Crippen LogP contribution in [0.15, 0.2) is 24.3 Å². The molecule has 1 saturated heterocycles. The average Bonchev–Trinajstić information content (AvgIpc) is 2.57. The van der Waals surface area contributed by atoms with Crippen LogP contribution in [0.1, 0.15) is 30.4 Å². The minimum Gasteiger partial charge on any atom is -0.481 e. The molecule has 1 aromatic rings. The van der Waals surface area contributed by atoms with Gasteiger partial charge >= 0.3 is 18.2 Å². The number of halogens is 3. The van der Waals surface area contributed by atoms with Crippen molar-refractivity contribution < 1.29 is 32.7 Å². The monoisotopic (exact) mass is 387 g/mol. The van der Waals surface area contributed by atoms with Crippen molar-refractivity contribution in [1.29, 1.82) is 0 Å². The van der Waals surface area contributed by atoms with E-state index in [9.17, 15) is 27.6 Å². The standard InChI is InChI=1S/C17H20F3N3O4/c18-17(19,20)12-4-1-3-11(9-12)10-23-8-2-5-13(15(23)26)22-16(27)21-7-6-14(24)25/h1,3-4,9,13H,2,5-8,10H2,(H,24,25)(H2,21,22,27). The van der Waals surface area contributed by atoms with E-state index in [1.54, 1.807) is 0 Å². The number of rotatable bonds is 6. The Morgan fingerprint density at radius 3 is 2.70 bits per heavy atom. The smallest absolute Gasteiger partial charge is 0.416 e. The molecule has 3 N–H and O–H groups in total. The molecule has 1 heterocycles. The number of carboxylic acids is 1. The number of hydrogen-bond acceptors (Lipinski definition) is 3. The van der Waals surface area contributed by atoms with Gasteiger partial charge in [0.05, 0.1) is 12.0 Å². The van der Waals surface area contributed by atoms with Crippen molar-refractivity contribution in [2.75, 3.05) is 13.1 Å². The molecular weight excluding hydrogens is 367 g/mol. The van der Waals surface area contributed by atoms with E-state index in [4.69, 9.17) is 5.11 Å². The number of nitrogens with zero attached hydrogens (tertiary/aromatic N) is 1. The number of urea groups is 1. The van der Waals surface area contributed by atoms with Crippen LogP contribution in [0, 0.1) is 0 Å². The molecule has 10 heteroatoms. The SMILES string of the molecule is O=C(O)CCNC(=O)NC1CCCN(Cc2cccc(C(F)(F)F)c2)C1=O. The number of carbonyl (C=O) groups is 3. The summed E-state index contributed by atoms with van der Waals surface area (Å²) in [6, 6.07) is 3.32. The van der Waals surface area contributed by atoms with Gasteiger partial charge in [-0.2, -0.15) is 13.2 Å². The summed E-state index contributed by atoms with van der Waals surface area (Å²) in [6.45, 7) is 0.325. The Morgan fingerprint density at radius 1 is 1.30 bits per heavy atom. The first-order chi connectivity index (χ1) is 12.7. The zero-order chi connectivity index (χ0) is 20.0. The molecule has 1 atom stereocenters. The molecule has 2 rings (SSSR count). The lowest BCUT2D eigenvalue weighted by Crippen LogP contribution is -2.54. The van der Waals surface area contributed by atoms with Crippen molar-refractivity contribution in [2.24, 2.45) is 0 Å². The number of benzene rings is 1. The molecule has 3 amide bonds. The van der Waals surface area contributed by atoms with E-state index in [0.29, 0.717) is 24.9 Å². The van der Waals surface area contributed by atoms with E-state index in [1.165, 1.54) is 17.0 Å². The van der Waals surface area contributed by atoms with Gasteiger partial charge in [-0.1, -0.05) is 12.1 Å². The molecule has 1 aromatic carbocycles. The minimum atomic E-state index is -4.46. The maximum atomic E-state index is 12.8. The predicted molar refractivity (Wildman–Crippen MR) is 88.7 cm³/mol. The largest absolute Gasteiger partial charge is 0.481 e. The van der Waals surface area contributed by atoms with Gasteiger partial charge in [0, 0.05) is 19.6 Å². The van der Waals surface area contributed by atoms with Gasteiger partial charge in [-0.3, -0.25) is 9.59 Å². The Labute approximate surface area is 153 Å². The molecule has 0 spiro atoms. The maximum Gasteiger partial charge on any atom is 0.416 e. The summed E-state index contributed by atoms with van der Waals surface area (Å²) in [5, 5.41) is 13.4. The molecule has 1 fully saturated rings. The Hall–Kier alpha value is -2.78. The first kappa shape index (κ1) is 20.5. The van der Waals surface area contributed by atoms with Crippen molar-refractivity contribution in [3.8, 4) is 0 Å². The zero-order valence-electron chi connectivity index (χ0n) is 14.4. The van der Waals surface area contributed by atoms with Crippen LogP contribution in [0.25, 0.3) is 0 Å². The van der Waals surface area contributed by atoms with E-state index < -0.39 is 29.8 Å². The quantitative estimate of drug-likeness (QED) is 0.695. The van der Waals surface area contributed by atoms with Crippen LogP contribution in [0.3, 0.4) is 0 Å². The number of aliphatic carboxylic acids is 1. The highest BCUT2D eigenvalue weighted by Crippen LogP contribution is 2.30. The van der Waals surface area contributed by atoms with E-state index in [2.05, 4.69) is 10.6 Å². The number of alkyl halides is 3. The van der Waals surface area contributed by atoms with Gasteiger partial charge < -0.3 is 20.6 Å². The second-order valence-electron chi connectivity index (χ2n) is 6.20. The summed E-state index contributed by atoms with van der Waals surface area (Å²) in [5.74, 6) is -1.44. The summed E-state index contributed by atoms with van der Waals surface area (Å²) >= 11 is 0. The maximum absolute atomic E-state index is 12.8. The third-order valence-electron chi connectivity index (χ3n) is 4.09. The number of hydrogen-bond donors (Lipinski definition) is 3. The second-order valence-corrected chi connectivity index (χ2v) is 6.20. The number of carboxylic acid groups (broad SMARTS) is 1. The molecule has 148 valence electrons. The van der Waals surface area contributed by atoms with Crippen molar-refractivity contribution in [1.82, 2.24) is 15.5 Å². The Morgan fingerprint density at radius 2 is 2.04 bits per heavy atom. The highest BCUT2D eigenvalue weighted by atomic mass is 19.4. The zero-order valence-corrected chi connectivity index (χ0v) is 14.4. The molecule has 1 unspecified atom stereocenters. The van der Waals surface area contributed by atoms with Crippen LogP contribution < -0.4 is 10.6 Å². The predicted octanol–water partition coefficient (Wildman–Crippen LogP) is 1.97. The Bertz CT molecular complexity index is 709. The van der Waals surface area contributed by atoms with E-state index in [1.807, 2.05) is 0 Å². The van der Waals surface area contributed by atoms with Crippen LogP contribution in [-0.2, 0) is 22.3 Å². The number of piperidine rings is 1. The lowest BCUT2D eigenvalue weighted by atomic mass is 10.0. The molecule has 0 radical (unpaired) electrons. The summed E-state index contributed by atoms with van der Waals surface area (Å²) in [4.78, 5) is 36.1. The van der Waals surface area contributed by atoms with Crippen LogP contribution in [-0.4, -0.2) is 47.0 Å². The number of likely N-dealkylation sites (tertiary alicyclic amines) is 1. The molecule has 0 aromatic heterocycles. The van der Waals surface area contributed by atoms with Crippen molar-refractivity contribution >= 4 is 17.9 Å². The first-order valence-corrected chi connectivity index (χ1v) is 8.38. The molecule has 0 aliphatic carbocycles. The van der Waals surface area contributed by atoms with Crippen LogP contribution >= 0.6 is 0 Å². The van der Waals surface area contributed by atoms with Gasteiger partial charge in [-0.15, -0.1) is 0 Å². The molecule has 27 heavy (non-hydrogen) atoms. The van der Waals surface area contributed by atoms with Crippen molar-refractivity contribution in [3.05, 3.63) is 35.4 Å². The molecule has 1 aliphatic heterocycles. The van der Waals surface area contributed by atoms with Crippen LogP contribution in [0.2, 0.25) is 0 Å². The fraction of sp³-hybridized carbons (Fsp3) is 0.471. The fourth-order valence-electron chi connectivity index (χ4n) is 2.79.